The maximum Gasteiger partial charge on any atom is 0.341 e. The second kappa shape index (κ2) is 9.47. The van der Waals surface area contributed by atoms with Crippen LogP contribution in [0.25, 0.3) is 0 Å². The lowest BCUT2D eigenvalue weighted by atomic mass is 10.2. The fraction of sp³-hybridized carbons (Fsp3) is 0.250. The van der Waals surface area contributed by atoms with Crippen LogP contribution in [0.5, 0.6) is 0 Å². The summed E-state index contributed by atoms with van der Waals surface area (Å²) in [4.78, 5) is 24.2. The average Bonchev–Trinajstić information content (AvgIpc) is 2.64. The Labute approximate surface area is 124 Å². The van der Waals surface area contributed by atoms with E-state index in [1.807, 2.05) is 13.8 Å². The molecule has 5 heteroatoms. The van der Waals surface area contributed by atoms with Gasteiger partial charge in [0.15, 0.2) is 0 Å². The lowest BCUT2D eigenvalue weighted by Crippen LogP contribution is -2.28. The zero-order chi connectivity index (χ0) is 16.4. The highest BCUT2D eigenvalue weighted by Gasteiger charge is 2.24. The van der Waals surface area contributed by atoms with Gasteiger partial charge in [-0.1, -0.05) is 38.7 Å². The molecule has 0 saturated heterocycles. The molecular formula is C16H20FNO3. The van der Waals surface area contributed by atoms with Crippen LogP contribution in [-0.2, 0) is 9.59 Å². The molecule has 114 valence electrons. The number of carboxylic acids is 1. The van der Waals surface area contributed by atoms with Gasteiger partial charge >= 0.3 is 5.97 Å². The monoisotopic (exact) mass is 293 g/mol. The number of carbonyl (C=O) groups excluding carboxylic acids is 1. The van der Waals surface area contributed by atoms with Crippen molar-refractivity contribution < 1.29 is 19.1 Å². The van der Waals surface area contributed by atoms with Gasteiger partial charge in [-0.15, -0.1) is 0 Å². The molecular weight excluding hydrogens is 273 g/mol. The van der Waals surface area contributed by atoms with Crippen molar-refractivity contribution in [3.05, 3.63) is 60.3 Å². The number of halogens is 1. The van der Waals surface area contributed by atoms with E-state index in [1.54, 1.807) is 19.1 Å². The maximum atomic E-state index is 12.6. The van der Waals surface area contributed by atoms with E-state index in [-0.39, 0.29) is 5.57 Å². The number of aliphatic carboxylic acids is 1. The first-order valence-electron chi connectivity index (χ1n) is 6.60. The van der Waals surface area contributed by atoms with E-state index in [0.29, 0.717) is 12.1 Å². The molecule has 1 amide bonds. The smallest absolute Gasteiger partial charge is 0.341 e. The summed E-state index contributed by atoms with van der Waals surface area (Å²) < 4.78 is 12.6. The van der Waals surface area contributed by atoms with Crippen LogP contribution in [-0.4, -0.2) is 21.9 Å². The number of hydrogen-bond donors (Lipinski definition) is 1. The lowest BCUT2D eigenvalue weighted by molar-refractivity contribution is -0.136. The zero-order valence-electron chi connectivity index (χ0n) is 12.5. The number of carboxylic acid groups (broad SMARTS) is 1. The van der Waals surface area contributed by atoms with E-state index >= 15 is 0 Å². The average molecular weight is 293 g/mol. The standard InChI is InChI=1S/C14H14FNO3.C2H6/c1-3-11(8-7-10(2)15)16-9-5-4-6-12(13(16)17)14(18)19;1-2/h3,5-9H,2,4H2,1H3,(H,18,19);1-2H3/b8-7-,11-3+;. The SMILES string of the molecule is C=C(F)/C=C\C(=C/C)N1C=CCC=C(C(=O)O)C1=O.CC. The minimum Gasteiger partial charge on any atom is -0.478 e. The van der Waals surface area contributed by atoms with Crippen molar-refractivity contribution in [2.75, 3.05) is 0 Å². The minimum absolute atomic E-state index is 0.308. The van der Waals surface area contributed by atoms with Crippen molar-refractivity contribution in [2.45, 2.75) is 27.2 Å². The molecule has 0 aliphatic carbocycles. The van der Waals surface area contributed by atoms with Crippen LogP contribution in [0.3, 0.4) is 0 Å². The first kappa shape index (κ1) is 18.6. The highest BCUT2D eigenvalue weighted by molar-refractivity contribution is 6.16. The quantitative estimate of drug-likeness (QED) is 0.635. The highest BCUT2D eigenvalue weighted by Crippen LogP contribution is 2.17. The highest BCUT2D eigenvalue weighted by atomic mass is 19.1. The summed E-state index contributed by atoms with van der Waals surface area (Å²) in [5, 5.41) is 8.97. The van der Waals surface area contributed by atoms with E-state index in [1.165, 1.54) is 18.4 Å². The second-order valence-corrected chi connectivity index (χ2v) is 3.71. The molecule has 1 rings (SSSR count). The molecule has 1 aliphatic heterocycles. The Morgan fingerprint density at radius 3 is 2.52 bits per heavy atom. The normalized spacial score (nSPS) is 15.2. The Bertz CT molecular complexity index is 528. The van der Waals surface area contributed by atoms with Gasteiger partial charge in [0.2, 0.25) is 0 Å². The maximum absolute atomic E-state index is 12.6. The summed E-state index contributed by atoms with van der Waals surface area (Å²) in [5.41, 5.74) is 0.0610. The first-order chi connectivity index (χ1) is 9.97. The largest absolute Gasteiger partial charge is 0.478 e. The van der Waals surface area contributed by atoms with Crippen LogP contribution in [0.2, 0.25) is 0 Å². The molecule has 1 aliphatic rings. The van der Waals surface area contributed by atoms with Crippen LogP contribution >= 0.6 is 0 Å². The van der Waals surface area contributed by atoms with Gasteiger partial charge in [-0.25, -0.2) is 9.18 Å². The second-order valence-electron chi connectivity index (χ2n) is 3.71. The first-order valence-corrected chi connectivity index (χ1v) is 6.60. The minimum atomic E-state index is -1.28. The number of carbonyl (C=O) groups is 2. The van der Waals surface area contributed by atoms with Crippen molar-refractivity contribution in [1.29, 1.82) is 0 Å². The molecule has 0 aromatic carbocycles. The predicted molar refractivity (Wildman–Crippen MR) is 80.8 cm³/mol. The summed E-state index contributed by atoms with van der Waals surface area (Å²) in [6.07, 6.45) is 8.84. The van der Waals surface area contributed by atoms with Crippen LogP contribution < -0.4 is 0 Å². The molecule has 1 heterocycles. The van der Waals surface area contributed by atoms with E-state index in [2.05, 4.69) is 6.58 Å². The summed E-state index contributed by atoms with van der Waals surface area (Å²) in [5.74, 6) is -2.60. The van der Waals surface area contributed by atoms with E-state index < -0.39 is 17.7 Å². The summed E-state index contributed by atoms with van der Waals surface area (Å²) >= 11 is 0. The van der Waals surface area contributed by atoms with Crippen LogP contribution in [0, 0.1) is 0 Å². The van der Waals surface area contributed by atoms with Crippen molar-refractivity contribution in [2.24, 2.45) is 0 Å². The molecule has 0 aromatic rings. The Hall–Kier alpha value is -2.43. The van der Waals surface area contributed by atoms with Crippen molar-refractivity contribution in [3.63, 3.8) is 0 Å². The number of rotatable bonds is 4. The Balaban J connectivity index is 0.00000191. The molecule has 0 unspecified atom stereocenters. The fourth-order valence-electron chi connectivity index (χ4n) is 1.51. The third kappa shape index (κ3) is 5.60. The number of allylic oxidation sites excluding steroid dienone is 6. The van der Waals surface area contributed by atoms with Gasteiger partial charge in [-0.3, -0.25) is 9.69 Å². The summed E-state index contributed by atoms with van der Waals surface area (Å²) in [7, 11) is 0. The third-order valence-electron chi connectivity index (χ3n) is 2.40. The molecule has 0 spiro atoms. The van der Waals surface area contributed by atoms with Gasteiger partial charge in [-0.2, -0.15) is 0 Å². The van der Waals surface area contributed by atoms with Crippen molar-refractivity contribution in [3.8, 4) is 0 Å². The lowest BCUT2D eigenvalue weighted by Gasteiger charge is -2.18. The molecule has 0 aromatic heterocycles. The fourth-order valence-corrected chi connectivity index (χ4v) is 1.51. The Kier molecular flexibility index (Phi) is 8.37. The number of nitrogens with zero attached hydrogens (tertiary/aromatic N) is 1. The third-order valence-corrected chi connectivity index (χ3v) is 2.40. The Morgan fingerprint density at radius 1 is 1.43 bits per heavy atom. The van der Waals surface area contributed by atoms with Gasteiger partial charge in [0.1, 0.15) is 11.4 Å². The Morgan fingerprint density at radius 2 is 2.05 bits per heavy atom. The van der Waals surface area contributed by atoms with Gasteiger partial charge in [-0.05, 0) is 25.5 Å². The van der Waals surface area contributed by atoms with Crippen LogP contribution in [0.15, 0.2) is 60.3 Å². The van der Waals surface area contributed by atoms with Gasteiger partial charge in [0.05, 0.1) is 0 Å². The van der Waals surface area contributed by atoms with E-state index in [0.717, 1.165) is 11.0 Å². The molecule has 21 heavy (non-hydrogen) atoms. The van der Waals surface area contributed by atoms with Gasteiger partial charge in [0, 0.05) is 11.9 Å². The molecule has 4 nitrogen and oxygen atoms in total. The number of hydrogen-bond acceptors (Lipinski definition) is 2. The van der Waals surface area contributed by atoms with Gasteiger partial charge in [0.25, 0.3) is 5.91 Å². The van der Waals surface area contributed by atoms with E-state index in [4.69, 9.17) is 5.11 Å². The molecule has 0 saturated carbocycles. The van der Waals surface area contributed by atoms with Crippen molar-refractivity contribution in [1.82, 2.24) is 4.90 Å². The van der Waals surface area contributed by atoms with Gasteiger partial charge < -0.3 is 5.11 Å². The molecule has 0 radical (unpaired) electrons. The molecule has 1 N–H and O–H groups in total. The summed E-state index contributed by atoms with van der Waals surface area (Å²) in [6, 6.07) is 0. The van der Waals surface area contributed by atoms with E-state index in [9.17, 15) is 14.0 Å². The van der Waals surface area contributed by atoms with Crippen LogP contribution in [0.1, 0.15) is 27.2 Å². The zero-order valence-corrected chi connectivity index (χ0v) is 12.5. The number of amides is 1. The molecule has 0 atom stereocenters. The molecule has 0 fully saturated rings. The predicted octanol–water partition coefficient (Wildman–Crippen LogP) is 3.71. The van der Waals surface area contributed by atoms with Crippen molar-refractivity contribution >= 4 is 11.9 Å². The van der Waals surface area contributed by atoms with Crippen LogP contribution in [0.4, 0.5) is 4.39 Å². The molecule has 0 bridgehead atoms. The summed E-state index contributed by atoms with van der Waals surface area (Å²) in [6.45, 7) is 8.74. The topological polar surface area (TPSA) is 57.6 Å².